The maximum Gasteiger partial charge on any atom is 0.414 e. The number of nitrogens with zero attached hydrogens (tertiary/aromatic N) is 3. The first-order valence-electron chi connectivity index (χ1n) is 10.0. The zero-order valence-corrected chi connectivity index (χ0v) is 16.8. The highest BCUT2D eigenvalue weighted by atomic mass is 16.6. The van der Waals surface area contributed by atoms with Crippen LogP contribution in [0, 0.1) is 0 Å². The second kappa shape index (κ2) is 7.73. The van der Waals surface area contributed by atoms with Gasteiger partial charge >= 0.3 is 6.09 Å². The zero-order valence-electron chi connectivity index (χ0n) is 16.8. The Hall–Kier alpha value is -3.09. The van der Waals surface area contributed by atoms with Crippen molar-refractivity contribution in [2.24, 2.45) is 5.73 Å². The first-order valence-corrected chi connectivity index (χ1v) is 10.0. The molecular weight excluding hydrogens is 368 g/mol. The van der Waals surface area contributed by atoms with Crippen LogP contribution in [-0.2, 0) is 11.3 Å². The lowest BCUT2D eigenvalue weighted by Gasteiger charge is -2.40. The van der Waals surface area contributed by atoms with E-state index in [-0.39, 0.29) is 18.1 Å². The summed E-state index contributed by atoms with van der Waals surface area (Å²) in [5.41, 5.74) is 8.69. The van der Waals surface area contributed by atoms with E-state index in [1.165, 1.54) is 0 Å². The molecule has 0 spiro atoms. The molecule has 0 bridgehead atoms. The molecule has 0 unspecified atom stereocenters. The standard InChI is InChI=1S/C22H26N4O3/c1-14(2)20-17(21(23)27)7-8-19(24-20)25-11-9-16(10-12-25)26-18-6-4-3-5-15(18)13-29-22(26)28/h3-8,14,16H,9-13H2,1-2H3,(H2,23,27). The van der Waals surface area contributed by atoms with Gasteiger partial charge in [0.25, 0.3) is 5.91 Å². The van der Waals surface area contributed by atoms with Crippen molar-refractivity contribution in [3.05, 3.63) is 53.2 Å². The average Bonchev–Trinajstić information content (AvgIpc) is 2.73. The van der Waals surface area contributed by atoms with Crippen molar-refractivity contribution in [1.82, 2.24) is 4.98 Å². The average molecular weight is 394 g/mol. The summed E-state index contributed by atoms with van der Waals surface area (Å²) in [6.07, 6.45) is 1.37. The van der Waals surface area contributed by atoms with Crippen LogP contribution in [0.15, 0.2) is 36.4 Å². The van der Waals surface area contributed by atoms with Gasteiger partial charge in [0, 0.05) is 24.7 Å². The molecule has 152 valence electrons. The van der Waals surface area contributed by atoms with Gasteiger partial charge in [0.15, 0.2) is 0 Å². The first-order chi connectivity index (χ1) is 14.0. The molecule has 0 radical (unpaired) electrons. The fraction of sp³-hybridized carbons (Fsp3) is 0.409. The molecule has 3 heterocycles. The number of hydrogen-bond acceptors (Lipinski definition) is 5. The molecule has 7 heteroatoms. The molecule has 0 saturated carbocycles. The van der Waals surface area contributed by atoms with Crippen LogP contribution in [0.1, 0.15) is 54.2 Å². The number of hydrogen-bond donors (Lipinski definition) is 1. The van der Waals surface area contributed by atoms with E-state index in [2.05, 4.69) is 4.90 Å². The van der Waals surface area contributed by atoms with Crippen LogP contribution < -0.4 is 15.5 Å². The maximum absolute atomic E-state index is 12.5. The van der Waals surface area contributed by atoms with Crippen LogP contribution in [0.25, 0.3) is 0 Å². The van der Waals surface area contributed by atoms with Crippen molar-refractivity contribution in [3.63, 3.8) is 0 Å². The summed E-state index contributed by atoms with van der Waals surface area (Å²) in [4.78, 5) is 32.9. The number of amides is 2. The van der Waals surface area contributed by atoms with E-state index in [0.717, 1.165) is 48.7 Å². The number of anilines is 2. The number of aromatic nitrogens is 1. The van der Waals surface area contributed by atoms with Gasteiger partial charge in [0.1, 0.15) is 12.4 Å². The number of piperidine rings is 1. The van der Waals surface area contributed by atoms with Gasteiger partial charge in [0.05, 0.1) is 16.9 Å². The van der Waals surface area contributed by atoms with Gasteiger partial charge in [-0.25, -0.2) is 9.78 Å². The minimum absolute atomic E-state index is 0.0923. The summed E-state index contributed by atoms with van der Waals surface area (Å²) >= 11 is 0. The highest BCUT2D eigenvalue weighted by Gasteiger charge is 2.34. The number of nitrogens with two attached hydrogens (primary N) is 1. The summed E-state index contributed by atoms with van der Waals surface area (Å²) in [5, 5.41) is 0. The molecule has 2 N–H and O–H groups in total. The smallest absolute Gasteiger partial charge is 0.414 e. The Bertz CT molecular complexity index is 935. The minimum Gasteiger partial charge on any atom is -0.444 e. The molecule has 2 aromatic rings. The Morgan fingerprint density at radius 1 is 1.17 bits per heavy atom. The van der Waals surface area contributed by atoms with Crippen LogP contribution in [0.5, 0.6) is 0 Å². The number of cyclic esters (lactones) is 1. The van der Waals surface area contributed by atoms with Gasteiger partial charge in [-0.2, -0.15) is 0 Å². The zero-order chi connectivity index (χ0) is 20.5. The number of primary amides is 1. The predicted molar refractivity (Wildman–Crippen MR) is 111 cm³/mol. The Kier molecular flexibility index (Phi) is 5.13. The predicted octanol–water partition coefficient (Wildman–Crippen LogP) is 3.43. The van der Waals surface area contributed by atoms with Crippen molar-refractivity contribution in [3.8, 4) is 0 Å². The quantitative estimate of drug-likeness (QED) is 0.858. The lowest BCUT2D eigenvalue weighted by molar-refractivity contribution is 0.0998. The summed E-state index contributed by atoms with van der Waals surface area (Å²) in [6, 6.07) is 11.6. The third-order valence-electron chi connectivity index (χ3n) is 5.67. The largest absolute Gasteiger partial charge is 0.444 e. The summed E-state index contributed by atoms with van der Waals surface area (Å²) in [5.74, 6) is 0.502. The lowest BCUT2D eigenvalue weighted by Crippen LogP contribution is -2.49. The van der Waals surface area contributed by atoms with E-state index >= 15 is 0 Å². The number of carbonyl (C=O) groups is 2. The van der Waals surface area contributed by atoms with Gasteiger partial charge in [-0.15, -0.1) is 0 Å². The van der Waals surface area contributed by atoms with Crippen molar-refractivity contribution < 1.29 is 14.3 Å². The first kappa shape index (κ1) is 19.2. The SMILES string of the molecule is CC(C)c1nc(N2CCC(N3C(=O)OCc4ccccc43)CC2)ccc1C(N)=O. The van der Waals surface area contributed by atoms with E-state index in [1.807, 2.05) is 44.2 Å². The minimum atomic E-state index is -0.450. The molecule has 0 atom stereocenters. The summed E-state index contributed by atoms with van der Waals surface area (Å²) in [7, 11) is 0. The van der Waals surface area contributed by atoms with Crippen LogP contribution >= 0.6 is 0 Å². The van der Waals surface area contributed by atoms with Crippen molar-refractivity contribution in [2.45, 2.75) is 45.3 Å². The van der Waals surface area contributed by atoms with E-state index < -0.39 is 5.91 Å². The van der Waals surface area contributed by atoms with Crippen LogP contribution in [0.4, 0.5) is 16.3 Å². The van der Waals surface area contributed by atoms with Crippen molar-refractivity contribution in [1.29, 1.82) is 0 Å². The maximum atomic E-state index is 12.5. The highest BCUT2D eigenvalue weighted by Crippen LogP contribution is 2.32. The molecule has 1 fully saturated rings. The lowest BCUT2D eigenvalue weighted by atomic mass is 10.00. The van der Waals surface area contributed by atoms with Crippen LogP contribution in [0.2, 0.25) is 0 Å². The third kappa shape index (κ3) is 3.64. The molecule has 7 nitrogen and oxygen atoms in total. The van der Waals surface area contributed by atoms with E-state index in [9.17, 15) is 9.59 Å². The Morgan fingerprint density at radius 3 is 2.59 bits per heavy atom. The summed E-state index contributed by atoms with van der Waals surface area (Å²) in [6.45, 7) is 5.89. The second-order valence-corrected chi connectivity index (χ2v) is 7.89. The fourth-order valence-electron chi connectivity index (χ4n) is 4.16. The highest BCUT2D eigenvalue weighted by molar-refractivity contribution is 5.94. The van der Waals surface area contributed by atoms with Gasteiger partial charge in [-0.3, -0.25) is 9.69 Å². The number of rotatable bonds is 4. The number of fused-ring (bicyclic) bond motifs is 1. The van der Waals surface area contributed by atoms with Gasteiger partial charge in [0.2, 0.25) is 0 Å². The molecule has 1 aromatic heterocycles. The molecule has 4 rings (SSSR count). The number of para-hydroxylation sites is 1. The Balaban J connectivity index is 1.51. The normalized spacial score (nSPS) is 17.3. The second-order valence-electron chi connectivity index (χ2n) is 7.89. The van der Waals surface area contributed by atoms with Gasteiger partial charge in [-0.1, -0.05) is 32.0 Å². The molecular formula is C22H26N4O3. The number of carbonyl (C=O) groups excluding carboxylic acids is 2. The van der Waals surface area contributed by atoms with Crippen molar-refractivity contribution >= 4 is 23.5 Å². The molecule has 2 amide bonds. The molecule has 1 saturated heterocycles. The monoisotopic (exact) mass is 394 g/mol. The number of pyridine rings is 1. The van der Waals surface area contributed by atoms with Crippen LogP contribution in [-0.4, -0.2) is 36.1 Å². The number of ether oxygens (including phenoxy) is 1. The Labute approximate surface area is 170 Å². The third-order valence-corrected chi connectivity index (χ3v) is 5.67. The van der Waals surface area contributed by atoms with Gasteiger partial charge in [-0.05, 0) is 37.0 Å². The van der Waals surface area contributed by atoms with Crippen molar-refractivity contribution in [2.75, 3.05) is 22.9 Å². The molecule has 29 heavy (non-hydrogen) atoms. The molecule has 1 aromatic carbocycles. The molecule has 0 aliphatic carbocycles. The molecule has 2 aliphatic heterocycles. The topological polar surface area (TPSA) is 88.8 Å². The van der Waals surface area contributed by atoms with E-state index in [1.54, 1.807) is 11.0 Å². The van der Waals surface area contributed by atoms with E-state index in [4.69, 9.17) is 15.5 Å². The van der Waals surface area contributed by atoms with Crippen LogP contribution in [0.3, 0.4) is 0 Å². The summed E-state index contributed by atoms with van der Waals surface area (Å²) < 4.78 is 5.38. The van der Waals surface area contributed by atoms with Gasteiger partial charge < -0.3 is 15.4 Å². The Morgan fingerprint density at radius 2 is 1.90 bits per heavy atom. The molecule has 2 aliphatic rings. The fourth-order valence-corrected chi connectivity index (χ4v) is 4.16. The van der Waals surface area contributed by atoms with E-state index in [0.29, 0.717) is 12.2 Å². The number of benzene rings is 1.